The maximum absolute atomic E-state index is 13.8. The van der Waals surface area contributed by atoms with Crippen molar-refractivity contribution in [2.45, 2.75) is 0 Å². The summed E-state index contributed by atoms with van der Waals surface area (Å²) < 4.78 is 13.8. The normalized spacial score (nSPS) is 12.8. The lowest BCUT2D eigenvalue weighted by atomic mass is 10.1. The average Bonchev–Trinajstić information content (AvgIpc) is 2.96. The van der Waals surface area contributed by atoms with E-state index in [9.17, 15) is 18.8 Å². The Balaban J connectivity index is 1.73. The first-order valence-electron chi connectivity index (χ1n) is 8.74. The quantitative estimate of drug-likeness (QED) is 0.602. The van der Waals surface area contributed by atoms with Gasteiger partial charge in [0.25, 0.3) is 17.7 Å². The molecule has 3 aromatic carbocycles. The highest BCUT2D eigenvalue weighted by atomic mass is 35.5. The van der Waals surface area contributed by atoms with Crippen molar-refractivity contribution in [2.24, 2.45) is 0 Å². The van der Waals surface area contributed by atoms with E-state index in [0.29, 0.717) is 5.02 Å². The lowest BCUT2D eigenvalue weighted by molar-refractivity contribution is 0.0650. The van der Waals surface area contributed by atoms with Gasteiger partial charge in [-0.15, -0.1) is 0 Å². The number of anilines is 1. The smallest absolute Gasteiger partial charge is 0.263 e. The first-order valence-corrected chi connectivity index (χ1v) is 9.12. The zero-order chi connectivity index (χ0) is 20.5. The maximum Gasteiger partial charge on any atom is 0.263 e. The molecule has 0 unspecified atom stereocenters. The van der Waals surface area contributed by atoms with Gasteiger partial charge in [-0.2, -0.15) is 0 Å². The van der Waals surface area contributed by atoms with Crippen LogP contribution in [0.25, 0.3) is 0 Å². The number of carbonyl (C=O) groups is 3. The second-order valence-corrected chi connectivity index (χ2v) is 6.89. The van der Waals surface area contributed by atoms with Crippen molar-refractivity contribution >= 4 is 35.0 Å². The molecule has 4 rings (SSSR count). The minimum Gasteiger partial charge on any atom is -0.289 e. The van der Waals surface area contributed by atoms with Gasteiger partial charge in [0.2, 0.25) is 0 Å². The van der Waals surface area contributed by atoms with E-state index >= 15 is 0 Å². The number of hydrogen-bond acceptors (Lipinski definition) is 3. The number of imide groups is 1. The van der Waals surface area contributed by atoms with Gasteiger partial charge in [-0.25, -0.2) is 4.39 Å². The van der Waals surface area contributed by atoms with E-state index in [0.717, 1.165) is 4.90 Å². The molecular weight excluding hydrogens is 395 g/mol. The molecule has 0 fully saturated rings. The Bertz CT molecular complexity index is 1110. The van der Waals surface area contributed by atoms with Gasteiger partial charge in [-0.05, 0) is 48.5 Å². The molecule has 144 valence electrons. The minimum absolute atomic E-state index is 0.214. The molecule has 0 atom stereocenters. The van der Waals surface area contributed by atoms with Crippen molar-refractivity contribution < 1.29 is 18.8 Å². The summed E-state index contributed by atoms with van der Waals surface area (Å²) in [5.41, 5.74) is 1.00. The van der Waals surface area contributed by atoms with Crippen molar-refractivity contribution in [3.05, 3.63) is 100 Å². The van der Waals surface area contributed by atoms with Crippen LogP contribution in [-0.4, -0.2) is 29.3 Å². The van der Waals surface area contributed by atoms with Crippen molar-refractivity contribution in [1.29, 1.82) is 0 Å². The van der Waals surface area contributed by atoms with Crippen LogP contribution in [0.4, 0.5) is 10.1 Å². The Hall–Kier alpha value is -3.51. The van der Waals surface area contributed by atoms with Crippen molar-refractivity contribution in [3.8, 4) is 0 Å². The number of benzene rings is 3. The number of rotatable bonds is 4. The molecule has 1 aliphatic heterocycles. The van der Waals surface area contributed by atoms with Crippen molar-refractivity contribution in [1.82, 2.24) is 4.90 Å². The first kappa shape index (κ1) is 18.8. The molecule has 0 saturated heterocycles. The Morgan fingerprint density at radius 1 is 0.897 bits per heavy atom. The number of amides is 3. The molecule has 29 heavy (non-hydrogen) atoms. The number of nitrogens with zero attached hydrogens (tertiary/aromatic N) is 2. The van der Waals surface area contributed by atoms with E-state index in [1.54, 1.807) is 42.5 Å². The van der Waals surface area contributed by atoms with Crippen molar-refractivity contribution in [2.75, 3.05) is 11.6 Å². The van der Waals surface area contributed by atoms with Gasteiger partial charge in [0, 0.05) is 16.3 Å². The summed E-state index contributed by atoms with van der Waals surface area (Å²) in [6.45, 7) is -0.360. The van der Waals surface area contributed by atoms with Crippen LogP contribution in [0.1, 0.15) is 31.1 Å². The van der Waals surface area contributed by atoms with Gasteiger partial charge in [-0.3, -0.25) is 24.2 Å². The summed E-state index contributed by atoms with van der Waals surface area (Å²) in [6.07, 6.45) is 0. The van der Waals surface area contributed by atoms with E-state index in [2.05, 4.69) is 0 Å². The fraction of sp³-hybridized carbons (Fsp3) is 0.0455. The van der Waals surface area contributed by atoms with E-state index in [4.69, 9.17) is 11.6 Å². The van der Waals surface area contributed by atoms with Crippen LogP contribution in [-0.2, 0) is 0 Å². The van der Waals surface area contributed by atoms with E-state index in [1.165, 1.54) is 35.2 Å². The van der Waals surface area contributed by atoms with Gasteiger partial charge in [0.1, 0.15) is 12.5 Å². The Kier molecular flexibility index (Phi) is 4.86. The molecule has 3 aromatic rings. The highest BCUT2D eigenvalue weighted by Gasteiger charge is 2.37. The van der Waals surface area contributed by atoms with Gasteiger partial charge >= 0.3 is 0 Å². The van der Waals surface area contributed by atoms with E-state index in [-0.39, 0.29) is 29.0 Å². The van der Waals surface area contributed by atoms with Crippen LogP contribution in [0, 0.1) is 5.82 Å². The highest BCUT2D eigenvalue weighted by Crippen LogP contribution is 2.26. The summed E-state index contributed by atoms with van der Waals surface area (Å²) in [4.78, 5) is 40.8. The number of hydrogen-bond donors (Lipinski definition) is 0. The summed E-state index contributed by atoms with van der Waals surface area (Å²) in [7, 11) is 0. The molecule has 1 heterocycles. The molecule has 0 spiro atoms. The minimum atomic E-state index is -0.547. The SMILES string of the molecule is O=C1c2ccccc2C(=O)N1CN(C(=O)c1cccc(Cl)c1)c1cccc(F)c1. The fourth-order valence-electron chi connectivity index (χ4n) is 3.19. The molecule has 0 radical (unpaired) electrons. The Morgan fingerprint density at radius 3 is 2.17 bits per heavy atom. The third-order valence-corrected chi connectivity index (χ3v) is 4.83. The topological polar surface area (TPSA) is 57.7 Å². The highest BCUT2D eigenvalue weighted by molar-refractivity contribution is 6.31. The zero-order valence-electron chi connectivity index (χ0n) is 15.0. The monoisotopic (exact) mass is 408 g/mol. The van der Waals surface area contributed by atoms with Crippen LogP contribution in [0.15, 0.2) is 72.8 Å². The van der Waals surface area contributed by atoms with Gasteiger partial charge in [0.05, 0.1) is 11.1 Å². The largest absolute Gasteiger partial charge is 0.289 e. The number of carbonyl (C=O) groups excluding carboxylic acids is 3. The van der Waals surface area contributed by atoms with Crippen LogP contribution in [0.2, 0.25) is 5.02 Å². The molecule has 0 aromatic heterocycles. The van der Waals surface area contributed by atoms with Gasteiger partial charge < -0.3 is 0 Å². The second kappa shape index (κ2) is 7.48. The predicted octanol–water partition coefficient (Wildman–Crippen LogP) is 4.38. The number of fused-ring (bicyclic) bond motifs is 1. The molecular formula is C22H14ClFN2O3. The molecule has 5 nitrogen and oxygen atoms in total. The molecule has 0 N–H and O–H groups in total. The summed E-state index contributed by atoms with van der Waals surface area (Å²) in [5, 5.41) is 0.357. The standard InChI is InChI=1S/C22H14ClFN2O3/c23-15-6-3-5-14(11-15)20(27)25(17-8-4-7-16(24)12-17)13-26-21(28)18-9-1-2-10-19(18)22(26)29/h1-12H,13H2. The average molecular weight is 409 g/mol. The molecule has 0 aliphatic carbocycles. The maximum atomic E-state index is 13.8. The summed E-state index contributed by atoms with van der Waals surface area (Å²) in [6, 6.07) is 18.1. The van der Waals surface area contributed by atoms with Crippen LogP contribution < -0.4 is 4.90 Å². The van der Waals surface area contributed by atoms with Gasteiger partial charge in [0.15, 0.2) is 0 Å². The molecule has 0 bridgehead atoms. The summed E-state index contributed by atoms with van der Waals surface area (Å²) >= 11 is 5.99. The lowest BCUT2D eigenvalue weighted by Gasteiger charge is -2.27. The van der Waals surface area contributed by atoms with Crippen molar-refractivity contribution in [3.63, 3.8) is 0 Å². The van der Waals surface area contributed by atoms with E-state index in [1.807, 2.05) is 0 Å². The Morgan fingerprint density at radius 2 is 1.55 bits per heavy atom. The van der Waals surface area contributed by atoms with Crippen LogP contribution in [0.5, 0.6) is 0 Å². The molecule has 1 aliphatic rings. The second-order valence-electron chi connectivity index (χ2n) is 6.45. The summed E-state index contributed by atoms with van der Waals surface area (Å²) in [5.74, 6) is -2.08. The molecule has 3 amide bonds. The zero-order valence-corrected chi connectivity index (χ0v) is 15.8. The third-order valence-electron chi connectivity index (χ3n) is 4.60. The van der Waals surface area contributed by atoms with Crippen LogP contribution in [0.3, 0.4) is 0 Å². The van der Waals surface area contributed by atoms with Gasteiger partial charge in [-0.1, -0.05) is 35.9 Å². The first-order chi connectivity index (χ1) is 14.0. The lowest BCUT2D eigenvalue weighted by Crippen LogP contribution is -2.44. The number of halogens is 2. The fourth-order valence-corrected chi connectivity index (χ4v) is 3.38. The van der Waals surface area contributed by atoms with E-state index < -0.39 is 23.5 Å². The van der Waals surface area contributed by atoms with Crippen LogP contribution >= 0.6 is 11.6 Å². The third kappa shape index (κ3) is 3.50. The Labute approximate surface area is 170 Å². The molecule has 0 saturated carbocycles. The predicted molar refractivity (Wildman–Crippen MR) is 106 cm³/mol. The molecule has 7 heteroatoms.